The highest BCUT2D eigenvalue weighted by Crippen LogP contribution is 2.37. The highest BCUT2D eigenvalue weighted by molar-refractivity contribution is 6.39. The van der Waals surface area contributed by atoms with E-state index in [4.69, 9.17) is 21.1 Å². The summed E-state index contributed by atoms with van der Waals surface area (Å²) in [4.78, 5) is 38.1. The number of halogens is 2. The predicted molar refractivity (Wildman–Crippen MR) is 109 cm³/mol. The van der Waals surface area contributed by atoms with Gasteiger partial charge in [0.05, 0.1) is 17.8 Å². The number of amides is 4. The average Bonchev–Trinajstić information content (AvgIpc) is 2.71. The quantitative estimate of drug-likeness (QED) is 0.429. The molecule has 0 atom stereocenters. The minimum absolute atomic E-state index is 0.112. The Labute approximate surface area is 176 Å². The third kappa shape index (κ3) is 4.18. The Morgan fingerprint density at radius 1 is 1.20 bits per heavy atom. The molecule has 0 spiro atoms. The molecular weight excluding hydrogens is 415 g/mol. The first-order valence-electron chi connectivity index (χ1n) is 8.64. The van der Waals surface area contributed by atoms with E-state index in [0.29, 0.717) is 5.56 Å². The molecule has 0 radical (unpaired) electrons. The first-order valence-corrected chi connectivity index (χ1v) is 9.01. The number of carbonyl (C=O) groups excluding carboxylic acids is 3. The van der Waals surface area contributed by atoms with Crippen molar-refractivity contribution in [2.75, 3.05) is 18.6 Å². The number of carbonyl (C=O) groups is 3. The normalized spacial score (nSPS) is 15.2. The van der Waals surface area contributed by atoms with Crippen molar-refractivity contribution in [1.82, 2.24) is 5.32 Å². The summed E-state index contributed by atoms with van der Waals surface area (Å²) in [5.74, 6) is -1.70. The van der Waals surface area contributed by atoms with Gasteiger partial charge < -0.3 is 9.47 Å². The number of barbiturate groups is 1. The van der Waals surface area contributed by atoms with Gasteiger partial charge in [0, 0.05) is 0 Å². The minimum Gasteiger partial charge on any atom is -0.493 e. The number of hydrogen-bond donors (Lipinski definition) is 1. The Morgan fingerprint density at radius 2 is 1.90 bits per heavy atom. The highest BCUT2D eigenvalue weighted by atomic mass is 35.5. The maximum Gasteiger partial charge on any atom is 0.335 e. The van der Waals surface area contributed by atoms with Crippen molar-refractivity contribution in [3.63, 3.8) is 0 Å². The van der Waals surface area contributed by atoms with Crippen LogP contribution >= 0.6 is 11.6 Å². The molecule has 1 saturated heterocycles. The van der Waals surface area contributed by atoms with Crippen molar-refractivity contribution >= 4 is 41.2 Å². The van der Waals surface area contributed by atoms with Crippen LogP contribution in [0.25, 0.3) is 6.08 Å². The van der Waals surface area contributed by atoms with Crippen LogP contribution in [-0.4, -0.2) is 31.6 Å². The van der Waals surface area contributed by atoms with Gasteiger partial charge in [0.25, 0.3) is 11.8 Å². The van der Waals surface area contributed by atoms with Gasteiger partial charge in [-0.25, -0.2) is 14.1 Å². The molecule has 0 bridgehead atoms. The third-order valence-corrected chi connectivity index (χ3v) is 4.38. The number of anilines is 1. The lowest BCUT2D eigenvalue weighted by Gasteiger charge is -2.26. The van der Waals surface area contributed by atoms with E-state index >= 15 is 0 Å². The first-order chi connectivity index (χ1) is 14.3. The Balaban J connectivity index is 2.01. The average molecular weight is 431 g/mol. The van der Waals surface area contributed by atoms with Crippen LogP contribution in [0, 0.1) is 5.82 Å². The number of imide groups is 2. The summed E-state index contributed by atoms with van der Waals surface area (Å²) in [5.41, 5.74) is 0.174. The zero-order chi connectivity index (χ0) is 21.8. The van der Waals surface area contributed by atoms with Gasteiger partial charge in [-0.2, -0.15) is 0 Å². The SMILES string of the molecule is C=CCOc1c(Cl)cc(/C=C2\C(=O)NC(=O)N(c3ccc(F)cc3)C2=O)cc1OC. The fourth-order valence-corrected chi connectivity index (χ4v) is 3.03. The van der Waals surface area contributed by atoms with Gasteiger partial charge in [0.1, 0.15) is 18.0 Å². The van der Waals surface area contributed by atoms with Crippen molar-refractivity contribution < 1.29 is 28.2 Å². The molecular formula is C21H16ClFN2O5. The summed E-state index contributed by atoms with van der Waals surface area (Å²) in [7, 11) is 1.41. The largest absolute Gasteiger partial charge is 0.493 e. The molecule has 30 heavy (non-hydrogen) atoms. The van der Waals surface area contributed by atoms with Crippen molar-refractivity contribution in [3.8, 4) is 11.5 Å². The number of rotatable bonds is 6. The van der Waals surface area contributed by atoms with E-state index in [9.17, 15) is 18.8 Å². The summed E-state index contributed by atoms with van der Waals surface area (Å²) in [6.07, 6.45) is 2.81. The molecule has 0 aliphatic carbocycles. The van der Waals surface area contributed by atoms with Crippen molar-refractivity contribution in [2.24, 2.45) is 0 Å². The fourth-order valence-electron chi connectivity index (χ4n) is 2.75. The number of hydrogen-bond acceptors (Lipinski definition) is 5. The lowest BCUT2D eigenvalue weighted by molar-refractivity contribution is -0.122. The summed E-state index contributed by atoms with van der Waals surface area (Å²) >= 11 is 6.25. The van der Waals surface area contributed by atoms with Gasteiger partial charge in [-0.3, -0.25) is 14.9 Å². The van der Waals surface area contributed by atoms with E-state index in [1.165, 1.54) is 43.5 Å². The molecule has 0 aromatic heterocycles. The lowest BCUT2D eigenvalue weighted by Crippen LogP contribution is -2.54. The third-order valence-electron chi connectivity index (χ3n) is 4.09. The van der Waals surface area contributed by atoms with Gasteiger partial charge in [0.15, 0.2) is 11.5 Å². The lowest BCUT2D eigenvalue weighted by atomic mass is 10.1. The number of methoxy groups -OCH3 is 1. The monoisotopic (exact) mass is 430 g/mol. The molecule has 9 heteroatoms. The summed E-state index contributed by atoms with van der Waals surface area (Å²) in [6, 6.07) is 6.78. The van der Waals surface area contributed by atoms with E-state index in [1.807, 2.05) is 0 Å². The van der Waals surface area contributed by atoms with Crippen LogP contribution in [-0.2, 0) is 9.59 Å². The fraction of sp³-hybridized carbons (Fsp3) is 0.0952. The molecule has 1 fully saturated rings. The van der Waals surface area contributed by atoms with Crippen LogP contribution in [0.1, 0.15) is 5.56 Å². The zero-order valence-electron chi connectivity index (χ0n) is 15.8. The van der Waals surface area contributed by atoms with Crippen LogP contribution in [0.2, 0.25) is 5.02 Å². The smallest absolute Gasteiger partial charge is 0.335 e. The number of benzene rings is 2. The second-order valence-electron chi connectivity index (χ2n) is 6.07. The molecule has 0 saturated carbocycles. The number of urea groups is 1. The maximum atomic E-state index is 13.2. The van der Waals surface area contributed by atoms with E-state index in [-0.39, 0.29) is 34.4 Å². The molecule has 2 aromatic carbocycles. The van der Waals surface area contributed by atoms with Gasteiger partial charge >= 0.3 is 6.03 Å². The molecule has 1 aliphatic heterocycles. The summed E-state index contributed by atoms with van der Waals surface area (Å²) in [6.45, 7) is 3.76. The molecule has 1 aliphatic rings. The van der Waals surface area contributed by atoms with Crippen LogP contribution in [0.4, 0.5) is 14.9 Å². The number of nitrogens with one attached hydrogen (secondary N) is 1. The van der Waals surface area contributed by atoms with Crippen LogP contribution in [0.5, 0.6) is 11.5 Å². The molecule has 2 aromatic rings. The molecule has 4 amide bonds. The molecule has 7 nitrogen and oxygen atoms in total. The maximum absolute atomic E-state index is 13.2. The Bertz CT molecular complexity index is 1070. The predicted octanol–water partition coefficient (Wildman–Crippen LogP) is 3.72. The second-order valence-corrected chi connectivity index (χ2v) is 6.48. The van der Waals surface area contributed by atoms with Crippen molar-refractivity contribution in [1.29, 1.82) is 0 Å². The number of ether oxygens (including phenoxy) is 2. The summed E-state index contributed by atoms with van der Waals surface area (Å²) < 4.78 is 23.9. The Kier molecular flexibility index (Phi) is 6.17. The first kappa shape index (κ1) is 21.1. The molecule has 1 heterocycles. The van der Waals surface area contributed by atoms with Crippen LogP contribution in [0.15, 0.2) is 54.6 Å². The topological polar surface area (TPSA) is 84.9 Å². The van der Waals surface area contributed by atoms with Crippen LogP contribution < -0.4 is 19.7 Å². The molecule has 0 unspecified atom stereocenters. The van der Waals surface area contributed by atoms with Gasteiger partial charge in [0.2, 0.25) is 0 Å². The van der Waals surface area contributed by atoms with E-state index in [2.05, 4.69) is 11.9 Å². The summed E-state index contributed by atoms with van der Waals surface area (Å²) in [5, 5.41) is 2.28. The Hall–Kier alpha value is -3.65. The van der Waals surface area contributed by atoms with E-state index in [1.54, 1.807) is 0 Å². The van der Waals surface area contributed by atoms with Gasteiger partial charge in [-0.1, -0.05) is 24.3 Å². The van der Waals surface area contributed by atoms with Gasteiger partial charge in [-0.05, 0) is 48.0 Å². The van der Waals surface area contributed by atoms with E-state index in [0.717, 1.165) is 17.0 Å². The standard InChI is InChI=1S/C21H16ClFN2O5/c1-3-8-30-18-16(22)10-12(11-17(18)29-2)9-15-19(26)24-21(28)25(20(15)27)14-6-4-13(23)5-7-14/h3-7,9-11H,1,8H2,2H3,(H,24,26,28)/b15-9+. The highest BCUT2D eigenvalue weighted by Gasteiger charge is 2.36. The molecule has 154 valence electrons. The Morgan fingerprint density at radius 3 is 2.53 bits per heavy atom. The van der Waals surface area contributed by atoms with Crippen molar-refractivity contribution in [2.45, 2.75) is 0 Å². The molecule has 1 N–H and O–H groups in total. The van der Waals surface area contributed by atoms with E-state index < -0.39 is 23.7 Å². The molecule has 3 rings (SSSR count). The number of nitrogens with zero attached hydrogens (tertiary/aromatic N) is 1. The van der Waals surface area contributed by atoms with Crippen LogP contribution in [0.3, 0.4) is 0 Å². The second kappa shape index (κ2) is 8.79. The van der Waals surface area contributed by atoms with Crippen molar-refractivity contribution in [3.05, 3.63) is 71.0 Å². The minimum atomic E-state index is -0.933. The van der Waals surface area contributed by atoms with Gasteiger partial charge in [-0.15, -0.1) is 0 Å². The zero-order valence-corrected chi connectivity index (χ0v) is 16.5.